The molecule has 3 N–H and O–H groups in total. The quantitative estimate of drug-likeness (QED) is 0.898. The van der Waals surface area contributed by atoms with Gasteiger partial charge in [-0.1, -0.05) is 0 Å². The van der Waals surface area contributed by atoms with E-state index in [2.05, 4.69) is 15.3 Å². The monoisotopic (exact) mass is 291 g/mol. The van der Waals surface area contributed by atoms with Crippen LogP contribution in [-0.2, 0) is 0 Å². The van der Waals surface area contributed by atoms with E-state index in [0.717, 1.165) is 10.7 Å². The van der Waals surface area contributed by atoms with E-state index in [0.29, 0.717) is 11.4 Å². The van der Waals surface area contributed by atoms with Gasteiger partial charge in [-0.05, 0) is 13.0 Å². The number of nitrogens with two attached hydrogens (primary N) is 1. The van der Waals surface area contributed by atoms with E-state index in [1.807, 2.05) is 32.0 Å². The lowest BCUT2D eigenvalue weighted by Gasteiger charge is -2.16. The molecule has 0 aliphatic heterocycles. The maximum absolute atomic E-state index is 12.2. The Morgan fingerprint density at radius 1 is 1.50 bits per heavy atom. The molecule has 2 aromatic heterocycles. The predicted molar refractivity (Wildman–Crippen MR) is 81.2 cm³/mol. The third-order valence-corrected chi connectivity index (χ3v) is 3.72. The van der Waals surface area contributed by atoms with Crippen LogP contribution in [0.1, 0.15) is 28.5 Å². The van der Waals surface area contributed by atoms with Gasteiger partial charge in [0.05, 0.1) is 23.6 Å². The summed E-state index contributed by atoms with van der Waals surface area (Å²) in [5.41, 5.74) is 7.65. The van der Waals surface area contributed by atoms with Crippen LogP contribution in [0.25, 0.3) is 0 Å². The van der Waals surface area contributed by atoms with Crippen LogP contribution in [0.4, 0.5) is 11.4 Å². The zero-order valence-electron chi connectivity index (χ0n) is 11.6. The van der Waals surface area contributed by atoms with E-state index in [1.165, 1.54) is 11.3 Å². The lowest BCUT2D eigenvalue weighted by Crippen LogP contribution is -2.17. The number of nitrogens with zero attached hydrogens (tertiary/aromatic N) is 3. The molecule has 0 radical (unpaired) electrons. The standard InChI is InChI=1S/C13H17N5OS/c1-8(14)13-17-10(7-20-13)12(19)16-9-6-15-5-4-11(9)18(2)3/h4-8H,14H2,1-3H3,(H,16,19). The van der Waals surface area contributed by atoms with Gasteiger partial charge in [0.2, 0.25) is 0 Å². The molecule has 1 unspecified atom stereocenters. The molecule has 0 aliphatic carbocycles. The Morgan fingerprint density at radius 3 is 2.85 bits per heavy atom. The lowest BCUT2D eigenvalue weighted by atomic mass is 10.3. The van der Waals surface area contributed by atoms with Crippen molar-refractivity contribution < 1.29 is 4.79 Å². The molecule has 106 valence electrons. The fourth-order valence-electron chi connectivity index (χ4n) is 1.66. The number of hydrogen-bond donors (Lipinski definition) is 2. The number of thiazole rings is 1. The van der Waals surface area contributed by atoms with Gasteiger partial charge in [-0.2, -0.15) is 0 Å². The summed E-state index contributed by atoms with van der Waals surface area (Å²) in [6.45, 7) is 1.84. The van der Waals surface area contributed by atoms with Crippen molar-refractivity contribution in [3.05, 3.63) is 34.5 Å². The number of carbonyl (C=O) groups excluding carboxylic acids is 1. The Bertz CT molecular complexity index is 608. The molecule has 7 heteroatoms. The Hall–Kier alpha value is -1.99. The normalized spacial score (nSPS) is 12.0. The van der Waals surface area contributed by atoms with Crippen molar-refractivity contribution in [3.8, 4) is 0 Å². The highest BCUT2D eigenvalue weighted by Crippen LogP contribution is 2.23. The van der Waals surface area contributed by atoms with Crippen molar-refractivity contribution in [2.75, 3.05) is 24.3 Å². The van der Waals surface area contributed by atoms with Gasteiger partial charge in [-0.15, -0.1) is 11.3 Å². The molecule has 1 atom stereocenters. The molecular formula is C13H17N5OS. The second-order valence-corrected chi connectivity index (χ2v) is 5.49. The minimum Gasteiger partial charge on any atom is -0.376 e. The summed E-state index contributed by atoms with van der Waals surface area (Å²) >= 11 is 1.38. The molecule has 0 aromatic carbocycles. The molecule has 0 fully saturated rings. The third-order valence-electron chi connectivity index (χ3n) is 2.67. The first kappa shape index (κ1) is 14.4. The largest absolute Gasteiger partial charge is 0.376 e. The first-order valence-corrected chi connectivity index (χ1v) is 7.00. The highest BCUT2D eigenvalue weighted by Gasteiger charge is 2.14. The highest BCUT2D eigenvalue weighted by molar-refractivity contribution is 7.09. The number of aromatic nitrogens is 2. The first-order chi connectivity index (χ1) is 9.49. The number of nitrogens with one attached hydrogen (secondary N) is 1. The summed E-state index contributed by atoms with van der Waals surface area (Å²) in [4.78, 5) is 22.3. The predicted octanol–water partition coefficient (Wildman–Crippen LogP) is 1.88. The van der Waals surface area contributed by atoms with Crippen LogP contribution in [0.15, 0.2) is 23.8 Å². The molecule has 6 nitrogen and oxygen atoms in total. The van der Waals surface area contributed by atoms with E-state index in [-0.39, 0.29) is 11.9 Å². The van der Waals surface area contributed by atoms with Gasteiger partial charge in [-0.3, -0.25) is 9.78 Å². The number of amides is 1. The van der Waals surface area contributed by atoms with Gasteiger partial charge in [0.15, 0.2) is 0 Å². The van der Waals surface area contributed by atoms with Crippen LogP contribution < -0.4 is 16.0 Å². The fourth-order valence-corrected chi connectivity index (χ4v) is 2.42. The first-order valence-electron chi connectivity index (χ1n) is 6.12. The smallest absolute Gasteiger partial charge is 0.275 e. The molecule has 2 rings (SSSR count). The van der Waals surface area contributed by atoms with Crippen LogP contribution in [0.3, 0.4) is 0 Å². The molecule has 20 heavy (non-hydrogen) atoms. The molecule has 0 bridgehead atoms. The topological polar surface area (TPSA) is 84.1 Å². The summed E-state index contributed by atoms with van der Waals surface area (Å²) in [6.07, 6.45) is 3.30. The molecule has 1 amide bonds. The maximum Gasteiger partial charge on any atom is 0.275 e. The number of anilines is 2. The van der Waals surface area contributed by atoms with Crippen LogP contribution >= 0.6 is 11.3 Å². The minimum atomic E-state index is -0.260. The Kier molecular flexibility index (Phi) is 4.31. The van der Waals surface area contributed by atoms with Crippen molar-refractivity contribution in [1.82, 2.24) is 9.97 Å². The Morgan fingerprint density at radius 2 is 2.25 bits per heavy atom. The Balaban J connectivity index is 2.19. The van der Waals surface area contributed by atoms with Gasteiger partial charge in [0.25, 0.3) is 5.91 Å². The summed E-state index contributed by atoms with van der Waals surface area (Å²) in [5.74, 6) is -0.260. The summed E-state index contributed by atoms with van der Waals surface area (Å²) in [7, 11) is 3.81. The number of rotatable bonds is 4. The summed E-state index contributed by atoms with van der Waals surface area (Å²) < 4.78 is 0. The molecule has 0 saturated carbocycles. The van der Waals surface area contributed by atoms with E-state index in [9.17, 15) is 4.79 Å². The molecule has 2 heterocycles. The zero-order valence-corrected chi connectivity index (χ0v) is 12.4. The second-order valence-electron chi connectivity index (χ2n) is 4.60. The third kappa shape index (κ3) is 3.12. The van der Waals surface area contributed by atoms with Gasteiger partial charge in [0.1, 0.15) is 10.7 Å². The van der Waals surface area contributed by atoms with Crippen LogP contribution in [-0.4, -0.2) is 30.0 Å². The second kappa shape index (κ2) is 5.98. The zero-order chi connectivity index (χ0) is 14.7. The molecule has 2 aromatic rings. The van der Waals surface area contributed by atoms with Gasteiger partial charge >= 0.3 is 0 Å². The van der Waals surface area contributed by atoms with Crippen molar-refractivity contribution in [2.24, 2.45) is 5.73 Å². The SMILES string of the molecule is CC(N)c1nc(C(=O)Nc2cnccc2N(C)C)cs1. The van der Waals surface area contributed by atoms with Crippen molar-refractivity contribution in [2.45, 2.75) is 13.0 Å². The molecule has 0 aliphatic rings. The molecular weight excluding hydrogens is 274 g/mol. The molecule has 0 spiro atoms. The van der Waals surface area contributed by atoms with Crippen molar-refractivity contribution in [3.63, 3.8) is 0 Å². The minimum absolute atomic E-state index is 0.169. The van der Waals surface area contributed by atoms with Gasteiger partial charge < -0.3 is 16.0 Å². The number of pyridine rings is 1. The average molecular weight is 291 g/mol. The average Bonchev–Trinajstić information content (AvgIpc) is 2.89. The van der Waals surface area contributed by atoms with Crippen LogP contribution in [0, 0.1) is 0 Å². The van der Waals surface area contributed by atoms with E-state index < -0.39 is 0 Å². The van der Waals surface area contributed by atoms with Gasteiger partial charge in [0, 0.05) is 25.7 Å². The summed E-state index contributed by atoms with van der Waals surface area (Å²) in [5, 5.41) is 5.27. The van der Waals surface area contributed by atoms with E-state index >= 15 is 0 Å². The Labute approximate surface area is 121 Å². The fraction of sp³-hybridized carbons (Fsp3) is 0.308. The lowest BCUT2D eigenvalue weighted by molar-refractivity contribution is 0.102. The van der Waals surface area contributed by atoms with E-state index in [4.69, 9.17) is 5.73 Å². The molecule has 0 saturated heterocycles. The van der Waals surface area contributed by atoms with Crippen LogP contribution in [0.2, 0.25) is 0 Å². The van der Waals surface area contributed by atoms with E-state index in [1.54, 1.807) is 17.8 Å². The van der Waals surface area contributed by atoms with Crippen molar-refractivity contribution in [1.29, 1.82) is 0 Å². The maximum atomic E-state index is 12.2. The number of carbonyl (C=O) groups is 1. The van der Waals surface area contributed by atoms with Gasteiger partial charge in [-0.25, -0.2) is 4.98 Å². The van der Waals surface area contributed by atoms with Crippen LogP contribution in [0.5, 0.6) is 0 Å². The highest BCUT2D eigenvalue weighted by atomic mass is 32.1. The van der Waals surface area contributed by atoms with Crippen molar-refractivity contribution >= 4 is 28.6 Å². The number of hydrogen-bond acceptors (Lipinski definition) is 6. The summed E-state index contributed by atoms with van der Waals surface area (Å²) in [6, 6.07) is 1.67.